The fourth-order valence-electron chi connectivity index (χ4n) is 4.80. The average molecular weight is 558 g/mol. The number of carbonyl (C=O) groups excluding carboxylic acids is 1. The van der Waals surface area contributed by atoms with Gasteiger partial charge in [-0.1, -0.05) is 37.7 Å². The predicted octanol–water partition coefficient (Wildman–Crippen LogP) is 4.28. The number of nitrogens with zero attached hydrogens (tertiary/aromatic N) is 4. The monoisotopic (exact) mass is 557 g/mol. The van der Waals surface area contributed by atoms with Crippen molar-refractivity contribution in [2.75, 3.05) is 57.3 Å². The maximum atomic E-state index is 12.9. The standard InChI is InChI=1S/C28H39N5O3S2/c1-5-7-13-33(6-2)38(35,36)24-10-8-23(9-11-24)27(34)29-12-14-31-15-17-32(18-16-31)28-30-25-20-21(3)19-22(4)26(25)37-28/h8-11,19-20H,5-7,12-18H2,1-4H3,(H,29,34). The van der Waals surface area contributed by atoms with Gasteiger partial charge >= 0.3 is 0 Å². The van der Waals surface area contributed by atoms with Gasteiger partial charge < -0.3 is 10.2 Å². The van der Waals surface area contributed by atoms with Gasteiger partial charge in [0.1, 0.15) is 0 Å². The highest BCUT2D eigenvalue weighted by Crippen LogP contribution is 2.32. The molecular formula is C28H39N5O3S2. The zero-order valence-corrected chi connectivity index (χ0v) is 24.5. The minimum absolute atomic E-state index is 0.189. The number of carbonyl (C=O) groups is 1. The number of amides is 1. The molecule has 38 heavy (non-hydrogen) atoms. The average Bonchev–Trinajstić information content (AvgIpc) is 3.34. The zero-order chi connectivity index (χ0) is 27.3. The number of unbranched alkanes of at least 4 members (excludes halogenated alkanes) is 1. The molecule has 1 amide bonds. The third-order valence-electron chi connectivity index (χ3n) is 7.03. The molecule has 0 radical (unpaired) electrons. The molecule has 10 heteroatoms. The molecule has 1 fully saturated rings. The largest absolute Gasteiger partial charge is 0.351 e. The van der Waals surface area contributed by atoms with Gasteiger partial charge in [0.15, 0.2) is 5.13 Å². The van der Waals surface area contributed by atoms with Crippen LogP contribution in [0, 0.1) is 13.8 Å². The van der Waals surface area contributed by atoms with Crippen molar-refractivity contribution in [1.29, 1.82) is 0 Å². The lowest BCUT2D eigenvalue weighted by Gasteiger charge is -2.34. The molecule has 0 spiro atoms. The van der Waals surface area contributed by atoms with Crippen LogP contribution in [0.25, 0.3) is 10.2 Å². The third kappa shape index (κ3) is 6.54. The predicted molar refractivity (Wildman–Crippen MR) is 156 cm³/mol. The lowest BCUT2D eigenvalue weighted by atomic mass is 10.1. The van der Waals surface area contributed by atoms with Crippen LogP contribution in [0.4, 0.5) is 5.13 Å². The number of aryl methyl sites for hydroxylation is 2. The summed E-state index contributed by atoms with van der Waals surface area (Å²) in [6.45, 7) is 14.0. The lowest BCUT2D eigenvalue weighted by molar-refractivity contribution is 0.0947. The van der Waals surface area contributed by atoms with Crippen LogP contribution < -0.4 is 10.2 Å². The first-order chi connectivity index (χ1) is 18.2. The molecule has 1 aliphatic heterocycles. The molecule has 1 aromatic heterocycles. The van der Waals surface area contributed by atoms with E-state index in [0.29, 0.717) is 25.2 Å². The van der Waals surface area contributed by atoms with Gasteiger partial charge in [0.2, 0.25) is 10.0 Å². The number of piperazine rings is 1. The Hall–Kier alpha value is -2.53. The van der Waals surface area contributed by atoms with Crippen molar-refractivity contribution >= 4 is 42.6 Å². The molecule has 8 nitrogen and oxygen atoms in total. The third-order valence-corrected chi connectivity index (χ3v) is 10.3. The molecule has 0 bridgehead atoms. The summed E-state index contributed by atoms with van der Waals surface area (Å²) in [5, 5.41) is 4.06. The number of aromatic nitrogens is 1. The number of hydrogen-bond acceptors (Lipinski definition) is 7. The molecule has 3 aromatic rings. The van der Waals surface area contributed by atoms with E-state index in [0.717, 1.165) is 56.2 Å². The fourth-order valence-corrected chi connectivity index (χ4v) is 7.36. The van der Waals surface area contributed by atoms with E-state index < -0.39 is 10.0 Å². The molecule has 1 N–H and O–H groups in total. The molecule has 4 rings (SSSR count). The van der Waals surface area contributed by atoms with E-state index in [4.69, 9.17) is 4.98 Å². The van der Waals surface area contributed by atoms with Crippen molar-refractivity contribution in [1.82, 2.24) is 19.5 Å². The number of nitrogens with one attached hydrogen (secondary N) is 1. The first-order valence-corrected chi connectivity index (χ1v) is 15.7. The summed E-state index contributed by atoms with van der Waals surface area (Å²) in [7, 11) is -3.55. The summed E-state index contributed by atoms with van der Waals surface area (Å²) in [5.41, 5.74) is 4.07. The van der Waals surface area contributed by atoms with E-state index in [1.54, 1.807) is 23.5 Å². The molecule has 206 valence electrons. The van der Waals surface area contributed by atoms with Crippen molar-refractivity contribution in [2.45, 2.75) is 45.4 Å². The summed E-state index contributed by atoms with van der Waals surface area (Å²) in [6, 6.07) is 10.6. The second-order valence-electron chi connectivity index (χ2n) is 9.89. The van der Waals surface area contributed by atoms with Gasteiger partial charge in [-0.2, -0.15) is 4.31 Å². The van der Waals surface area contributed by atoms with Gasteiger partial charge in [0, 0.05) is 57.9 Å². The Labute approximate surface area is 230 Å². The van der Waals surface area contributed by atoms with Crippen LogP contribution in [0.3, 0.4) is 0 Å². The first-order valence-electron chi connectivity index (χ1n) is 13.5. The van der Waals surface area contributed by atoms with Crippen LogP contribution in [-0.2, 0) is 10.0 Å². The Morgan fingerprint density at radius 1 is 1.08 bits per heavy atom. The maximum absolute atomic E-state index is 12.9. The lowest BCUT2D eigenvalue weighted by Crippen LogP contribution is -2.48. The Morgan fingerprint density at radius 2 is 1.79 bits per heavy atom. The van der Waals surface area contributed by atoms with Crippen LogP contribution >= 0.6 is 11.3 Å². The van der Waals surface area contributed by atoms with Crippen molar-refractivity contribution in [3.05, 3.63) is 53.1 Å². The summed E-state index contributed by atoms with van der Waals surface area (Å²) >= 11 is 1.77. The zero-order valence-electron chi connectivity index (χ0n) is 22.9. The molecule has 0 aliphatic carbocycles. The summed E-state index contributed by atoms with van der Waals surface area (Å²) < 4.78 is 28.6. The van der Waals surface area contributed by atoms with Crippen LogP contribution in [-0.4, -0.2) is 80.9 Å². The number of sulfonamides is 1. The number of thiazole rings is 1. The molecule has 2 heterocycles. The van der Waals surface area contributed by atoms with Gasteiger partial charge in [-0.3, -0.25) is 9.69 Å². The van der Waals surface area contributed by atoms with E-state index >= 15 is 0 Å². The van der Waals surface area contributed by atoms with Crippen molar-refractivity contribution in [2.24, 2.45) is 0 Å². The molecular weight excluding hydrogens is 518 g/mol. The number of fused-ring (bicyclic) bond motifs is 1. The second kappa shape index (κ2) is 12.5. The number of benzene rings is 2. The topological polar surface area (TPSA) is 85.8 Å². The van der Waals surface area contributed by atoms with Crippen molar-refractivity contribution in [3.8, 4) is 0 Å². The van der Waals surface area contributed by atoms with Gasteiger partial charge in [-0.05, 0) is 61.7 Å². The first kappa shape index (κ1) is 28.5. The Morgan fingerprint density at radius 3 is 2.45 bits per heavy atom. The highest BCUT2D eigenvalue weighted by Gasteiger charge is 2.23. The van der Waals surface area contributed by atoms with Crippen molar-refractivity contribution < 1.29 is 13.2 Å². The van der Waals surface area contributed by atoms with E-state index in [9.17, 15) is 13.2 Å². The van der Waals surface area contributed by atoms with Gasteiger partial charge in [-0.25, -0.2) is 13.4 Å². The van der Waals surface area contributed by atoms with Gasteiger partial charge in [-0.15, -0.1) is 0 Å². The number of rotatable bonds is 11. The Bertz CT molecular complexity index is 1350. The van der Waals surface area contributed by atoms with E-state index in [-0.39, 0.29) is 10.8 Å². The number of hydrogen-bond donors (Lipinski definition) is 1. The minimum atomic E-state index is -3.55. The Balaban J connectivity index is 1.24. The van der Waals surface area contributed by atoms with Gasteiger partial charge in [0.25, 0.3) is 5.91 Å². The summed E-state index contributed by atoms with van der Waals surface area (Å²) in [6.07, 6.45) is 1.76. The fraction of sp³-hybridized carbons (Fsp3) is 0.500. The van der Waals surface area contributed by atoms with Crippen LogP contribution in [0.1, 0.15) is 48.2 Å². The van der Waals surface area contributed by atoms with E-state index in [1.165, 1.54) is 32.3 Å². The van der Waals surface area contributed by atoms with Gasteiger partial charge in [0.05, 0.1) is 15.1 Å². The highest BCUT2D eigenvalue weighted by molar-refractivity contribution is 7.89. The van der Waals surface area contributed by atoms with Crippen LogP contribution in [0.15, 0.2) is 41.3 Å². The van der Waals surface area contributed by atoms with Crippen LogP contribution in [0.5, 0.6) is 0 Å². The quantitative estimate of drug-likeness (QED) is 0.379. The smallest absolute Gasteiger partial charge is 0.251 e. The molecule has 0 saturated carbocycles. The number of anilines is 1. The molecule has 1 saturated heterocycles. The minimum Gasteiger partial charge on any atom is -0.351 e. The maximum Gasteiger partial charge on any atom is 0.251 e. The van der Waals surface area contributed by atoms with E-state index in [2.05, 4.69) is 41.1 Å². The normalized spacial score (nSPS) is 14.9. The molecule has 2 aromatic carbocycles. The van der Waals surface area contributed by atoms with Crippen LogP contribution in [0.2, 0.25) is 0 Å². The summed E-state index contributed by atoms with van der Waals surface area (Å²) in [4.78, 5) is 22.5. The SMILES string of the molecule is CCCCN(CC)S(=O)(=O)c1ccc(C(=O)NCCN2CCN(c3nc4cc(C)cc(C)c4s3)CC2)cc1. The van der Waals surface area contributed by atoms with Crippen molar-refractivity contribution in [3.63, 3.8) is 0 Å². The molecule has 1 aliphatic rings. The molecule has 0 unspecified atom stereocenters. The van der Waals surface area contributed by atoms with E-state index in [1.807, 2.05) is 13.8 Å². The Kier molecular flexibility index (Phi) is 9.40. The molecule has 0 atom stereocenters. The second-order valence-corrected chi connectivity index (χ2v) is 12.8. The summed E-state index contributed by atoms with van der Waals surface area (Å²) in [5.74, 6) is -0.189. The highest BCUT2D eigenvalue weighted by atomic mass is 32.2.